The lowest BCUT2D eigenvalue weighted by molar-refractivity contribution is -0.146. The maximum atomic E-state index is 12.5. The van der Waals surface area contributed by atoms with E-state index in [2.05, 4.69) is 188 Å². The molecule has 0 aromatic carbocycles. The molecular formula is C68H94N10O8. The number of amides is 2. The van der Waals surface area contributed by atoms with Gasteiger partial charge in [0.25, 0.3) is 0 Å². The number of allylic oxidation sites excluding steroid dienone is 24. The monoisotopic (exact) mass is 1180 g/mol. The fourth-order valence-corrected chi connectivity index (χ4v) is 7.81. The molecule has 0 saturated heterocycles. The van der Waals surface area contributed by atoms with Gasteiger partial charge < -0.3 is 28.8 Å². The first-order valence-electron chi connectivity index (χ1n) is 30.3. The number of esters is 2. The summed E-state index contributed by atoms with van der Waals surface area (Å²) in [6.45, 7) is 8.15. The molecule has 0 radical (unpaired) electrons. The summed E-state index contributed by atoms with van der Waals surface area (Å²) in [5.74, 6) is -1.03. The van der Waals surface area contributed by atoms with E-state index in [4.69, 9.17) is 9.47 Å². The second-order valence-electron chi connectivity index (χ2n) is 20.0. The molecule has 0 spiro atoms. The summed E-state index contributed by atoms with van der Waals surface area (Å²) in [5, 5.41) is 24.0. The highest BCUT2D eigenvalue weighted by Gasteiger charge is 2.16. The number of rotatable bonds is 42. The van der Waals surface area contributed by atoms with Crippen molar-refractivity contribution in [2.24, 2.45) is 11.8 Å². The number of fused-ring (bicyclic) bond motifs is 2. The van der Waals surface area contributed by atoms with E-state index in [0.717, 1.165) is 77.0 Å². The third-order valence-electron chi connectivity index (χ3n) is 12.6. The number of hydrogen-bond donors (Lipinski definition) is 4. The quantitative estimate of drug-likeness (QED) is 0.0238. The zero-order valence-corrected chi connectivity index (χ0v) is 51.2. The van der Waals surface area contributed by atoms with Crippen molar-refractivity contribution in [2.45, 2.75) is 156 Å². The molecule has 4 N–H and O–H groups in total. The van der Waals surface area contributed by atoms with Gasteiger partial charge in [0.1, 0.15) is 11.0 Å². The highest BCUT2D eigenvalue weighted by Crippen LogP contribution is 2.17. The molecule has 18 heteroatoms. The van der Waals surface area contributed by atoms with Crippen LogP contribution in [0, 0.1) is 11.8 Å². The second kappa shape index (κ2) is 48.1. The predicted molar refractivity (Wildman–Crippen MR) is 346 cm³/mol. The Morgan fingerprint density at radius 2 is 0.756 bits per heavy atom. The Hall–Kier alpha value is -8.22. The van der Waals surface area contributed by atoms with Gasteiger partial charge in [-0.2, -0.15) is 9.97 Å². The van der Waals surface area contributed by atoms with E-state index in [1.807, 2.05) is 21.3 Å². The van der Waals surface area contributed by atoms with Crippen LogP contribution in [0.15, 0.2) is 171 Å². The summed E-state index contributed by atoms with van der Waals surface area (Å²) in [6.07, 6.45) is 72.8. The minimum absolute atomic E-state index is 0.0732. The fraction of sp³-hybridized carbons (Fsp3) is 0.441. The molecular weight excluding hydrogens is 1080 g/mol. The van der Waals surface area contributed by atoms with Crippen LogP contribution in [0.3, 0.4) is 0 Å². The van der Waals surface area contributed by atoms with E-state index < -0.39 is 11.9 Å². The van der Waals surface area contributed by atoms with E-state index >= 15 is 0 Å². The first-order chi connectivity index (χ1) is 42.1. The fourth-order valence-electron chi connectivity index (χ4n) is 7.81. The summed E-state index contributed by atoms with van der Waals surface area (Å²) in [7, 11) is 0. The van der Waals surface area contributed by atoms with Crippen LogP contribution in [0.25, 0.3) is 22.3 Å². The van der Waals surface area contributed by atoms with Crippen LogP contribution in [0.1, 0.15) is 143 Å². The first-order valence-corrected chi connectivity index (χ1v) is 30.3. The highest BCUT2D eigenvalue weighted by molar-refractivity contribution is 5.90. The van der Waals surface area contributed by atoms with Crippen LogP contribution in [-0.4, -0.2) is 99.4 Å². The number of nitrogens with zero attached hydrogens (tertiary/aromatic N) is 8. The smallest absolute Gasteiger partial charge is 0.302 e. The van der Waals surface area contributed by atoms with Crippen LogP contribution in [0.5, 0.6) is 0 Å². The lowest BCUT2D eigenvalue weighted by Gasteiger charge is -2.16. The number of aliphatic hydroxyl groups excluding tert-OH is 2. The van der Waals surface area contributed by atoms with Crippen molar-refractivity contribution in [3.8, 4) is 0 Å². The van der Waals surface area contributed by atoms with Gasteiger partial charge in [-0.25, -0.2) is 19.9 Å². The summed E-state index contributed by atoms with van der Waals surface area (Å²) < 4.78 is 13.9. The first kappa shape index (κ1) is 72.0. The molecule has 86 heavy (non-hydrogen) atoms. The van der Waals surface area contributed by atoms with E-state index in [1.54, 1.807) is 25.0 Å². The average Bonchev–Trinajstić information content (AvgIpc) is 3.33. The SMILES string of the molecule is CC/C=C\C/C=C\C/C=C\C/C=C\C/C=C\C/C=C\CCC(=O)Nc1ncc2ncn(CCC(CO)CO)c2n1.CC/C=C\C/C=C\C/C=C\C/C=C\C/C=C\C/C=C\CCC(=O)Nc1ncc2ncn(CCC(COC(C)=O)COC(C)=O)c2n1. The second-order valence-corrected chi connectivity index (χ2v) is 20.0. The Kier molecular flexibility index (Phi) is 40.3. The number of nitrogens with one attached hydrogen (secondary N) is 2. The van der Waals surface area contributed by atoms with Gasteiger partial charge >= 0.3 is 11.9 Å². The molecule has 0 bridgehead atoms. The summed E-state index contributed by atoms with van der Waals surface area (Å²) in [4.78, 5) is 73.1. The Morgan fingerprint density at radius 1 is 0.453 bits per heavy atom. The molecule has 0 aliphatic heterocycles. The molecule has 0 aliphatic carbocycles. The third-order valence-corrected chi connectivity index (χ3v) is 12.6. The zero-order valence-electron chi connectivity index (χ0n) is 51.2. The van der Waals surface area contributed by atoms with Gasteiger partial charge in [0.05, 0.1) is 38.3 Å². The van der Waals surface area contributed by atoms with Gasteiger partial charge in [-0.05, 0) is 103 Å². The topological polar surface area (TPSA) is 238 Å². The standard InChI is InChI=1S/C36H49N5O5.C32H45N5O3/c1-4-5-6-7-8-9-10-11-12-13-14-15-16-17-18-19-20-21-22-23-34(44)39-36-37-26-33-35(40-36)41(29-38-33)25-24-32(27-45-30(2)42)28-46-31(3)43;1-2-3-4-5-6-7-8-9-10-11-12-13-14-15-16-17-18-19-20-21-30(40)35-32-33-24-29-31(36-32)37(27-34-29)23-22-28(25-38)26-39/h5-6,8-9,11-12,14-15,17-18,20-21,26,29,32H,4,7,10,13,16,19,22-25,27-28H2,1-3H3,(H,37,39,40,44);3-4,6-7,9-10,12-13,15-16,18-19,24,27-28,38-39H,2,5,8,11,14,17,20-23,25-26H2,1H3,(H,33,35,36,40)/b6-5-,9-8-,12-11-,15-14-,18-17-,21-20-;4-3-,7-6-,10-9-,13-12-,16-15-,19-18-. The van der Waals surface area contributed by atoms with E-state index in [-0.39, 0.29) is 62.0 Å². The number of aryl methyl sites for hydroxylation is 2. The van der Waals surface area contributed by atoms with Crippen LogP contribution in [-0.2, 0) is 41.7 Å². The zero-order chi connectivity index (χ0) is 61.9. The largest absolute Gasteiger partial charge is 0.465 e. The molecule has 0 aliphatic rings. The molecule has 0 unspecified atom stereocenters. The van der Waals surface area contributed by atoms with E-state index in [9.17, 15) is 29.4 Å². The lowest BCUT2D eigenvalue weighted by Crippen LogP contribution is -2.21. The number of carbonyl (C=O) groups is 4. The molecule has 0 atom stereocenters. The number of anilines is 2. The highest BCUT2D eigenvalue weighted by atomic mass is 16.5. The van der Waals surface area contributed by atoms with Crippen LogP contribution in [0.4, 0.5) is 11.9 Å². The molecule has 0 fully saturated rings. The van der Waals surface area contributed by atoms with Crippen molar-refractivity contribution in [3.05, 3.63) is 171 Å². The molecule has 4 aromatic heterocycles. The summed E-state index contributed by atoms with van der Waals surface area (Å²) in [6, 6.07) is 0. The Bertz CT molecular complexity index is 2920. The van der Waals surface area contributed by atoms with Crippen molar-refractivity contribution < 1.29 is 38.9 Å². The average molecular weight is 1180 g/mol. The molecule has 2 amide bonds. The molecule has 4 rings (SSSR count). The Labute approximate surface area is 509 Å². The van der Waals surface area contributed by atoms with Gasteiger partial charge in [-0.1, -0.05) is 160 Å². The van der Waals surface area contributed by atoms with Crippen LogP contribution >= 0.6 is 0 Å². The molecule has 0 saturated carbocycles. The third kappa shape index (κ3) is 35.2. The summed E-state index contributed by atoms with van der Waals surface area (Å²) in [5.41, 5.74) is 2.39. The van der Waals surface area contributed by atoms with Gasteiger partial charge in [-0.15, -0.1) is 0 Å². The molecule has 4 heterocycles. The van der Waals surface area contributed by atoms with Crippen molar-refractivity contribution in [2.75, 3.05) is 37.1 Å². The van der Waals surface area contributed by atoms with Crippen molar-refractivity contribution in [1.82, 2.24) is 39.0 Å². The number of imidazole rings is 2. The van der Waals surface area contributed by atoms with Crippen molar-refractivity contribution in [3.63, 3.8) is 0 Å². The lowest BCUT2D eigenvalue weighted by atomic mass is 10.1. The predicted octanol–water partition coefficient (Wildman–Crippen LogP) is 13.6. The summed E-state index contributed by atoms with van der Waals surface area (Å²) >= 11 is 0. The van der Waals surface area contributed by atoms with E-state index in [1.165, 1.54) is 13.8 Å². The van der Waals surface area contributed by atoms with Crippen molar-refractivity contribution >= 4 is 58.0 Å². The molecule has 4 aromatic rings. The Balaban J connectivity index is 0.000000455. The minimum Gasteiger partial charge on any atom is -0.465 e. The minimum atomic E-state index is -0.394. The van der Waals surface area contributed by atoms with Gasteiger partial charge in [0.15, 0.2) is 11.3 Å². The van der Waals surface area contributed by atoms with Crippen molar-refractivity contribution in [1.29, 1.82) is 0 Å². The maximum absolute atomic E-state index is 12.5. The van der Waals surface area contributed by atoms with Gasteiger partial charge in [-0.3, -0.25) is 29.8 Å². The van der Waals surface area contributed by atoms with Crippen LogP contribution in [0.2, 0.25) is 0 Å². The number of hydrogen-bond acceptors (Lipinski definition) is 14. The van der Waals surface area contributed by atoms with E-state index in [0.29, 0.717) is 73.9 Å². The number of carbonyl (C=O) groups excluding carboxylic acids is 4. The Morgan fingerprint density at radius 3 is 1.06 bits per heavy atom. The number of aromatic nitrogens is 8. The van der Waals surface area contributed by atoms with Gasteiger partial charge in [0, 0.05) is 64.8 Å². The number of aliphatic hydroxyl groups is 2. The molecule has 18 nitrogen and oxygen atoms in total. The van der Waals surface area contributed by atoms with Crippen LogP contribution < -0.4 is 10.6 Å². The normalized spacial score (nSPS) is 12.6. The maximum Gasteiger partial charge on any atom is 0.302 e. The molecule has 464 valence electrons. The van der Waals surface area contributed by atoms with Gasteiger partial charge in [0.2, 0.25) is 23.7 Å². The number of ether oxygens (including phenoxy) is 2.